The van der Waals surface area contributed by atoms with Crippen LogP contribution in [0.25, 0.3) is 28.1 Å². The van der Waals surface area contributed by atoms with Gasteiger partial charge < -0.3 is 65.4 Å². The van der Waals surface area contributed by atoms with Crippen molar-refractivity contribution in [3.63, 3.8) is 0 Å². The van der Waals surface area contributed by atoms with E-state index in [9.17, 15) is 25.5 Å². The van der Waals surface area contributed by atoms with Crippen LogP contribution in [-0.2, 0) is 30.4 Å². The van der Waals surface area contributed by atoms with Crippen LogP contribution in [0.15, 0.2) is 96.7 Å². The fourth-order valence-electron chi connectivity index (χ4n) is 12.6. The Balaban J connectivity index is 1.11. The molecular formula is C61H75N5O9. The quantitative estimate of drug-likeness (QED) is 0.0220. The molecule has 6 atom stereocenters. The number of aromatic hydroxyl groups is 2. The first-order chi connectivity index (χ1) is 36.4. The highest BCUT2D eigenvalue weighted by atomic mass is 16.6. The Morgan fingerprint density at radius 3 is 2.52 bits per heavy atom. The molecule has 14 heteroatoms. The van der Waals surface area contributed by atoms with Crippen molar-refractivity contribution < 1.29 is 44.5 Å². The van der Waals surface area contributed by atoms with E-state index in [2.05, 4.69) is 101 Å². The maximum absolute atomic E-state index is 11.9. The molecule has 0 spiro atoms. The number of aliphatic hydroxyl groups excluding tert-OH is 2. The van der Waals surface area contributed by atoms with Crippen molar-refractivity contribution in [1.29, 1.82) is 0 Å². The zero-order chi connectivity index (χ0) is 52.3. The summed E-state index contributed by atoms with van der Waals surface area (Å²) in [5.74, 6) is 1.96. The second kappa shape index (κ2) is 22.7. The lowest BCUT2D eigenvalue weighted by atomic mass is 9.62. The largest absolute Gasteiger partial charge is 0.507 e. The zero-order valence-corrected chi connectivity index (χ0v) is 43.8. The SMILES string of the molecule is CNCO[C@]1(CNCNC[C@@](C)(O)CC(C)C)Cc2c3c(c4c(c2O[C@@H]1c1ccc(O)c(OCCO)c1)CC[C@H](CO)O4)-c1ccc(O)c2c1[C@H](C3)[C@H](c1ccc3[nH]ccc3c1)C(CNCCCc1ccccc1)=C2. The molecule has 10 rings (SSSR count). The Kier molecular flexibility index (Phi) is 15.9. The van der Waals surface area contributed by atoms with Crippen molar-refractivity contribution in [2.24, 2.45) is 5.92 Å². The summed E-state index contributed by atoms with van der Waals surface area (Å²) in [5.41, 5.74) is 10.4. The van der Waals surface area contributed by atoms with E-state index in [1.165, 1.54) is 16.7 Å². The molecule has 0 saturated heterocycles. The lowest BCUT2D eigenvalue weighted by Gasteiger charge is -2.48. The molecule has 75 heavy (non-hydrogen) atoms. The molecule has 10 N–H and O–H groups in total. The molecule has 5 aromatic carbocycles. The maximum Gasteiger partial charge on any atom is 0.161 e. The number of aryl methyl sites for hydroxylation is 1. The van der Waals surface area contributed by atoms with E-state index >= 15 is 0 Å². The second-order valence-electron chi connectivity index (χ2n) is 21.8. The minimum Gasteiger partial charge on any atom is -0.507 e. The van der Waals surface area contributed by atoms with Crippen LogP contribution in [0.1, 0.15) is 102 Å². The number of nitrogens with one attached hydrogen (secondary N) is 5. The van der Waals surface area contributed by atoms with Crippen molar-refractivity contribution in [3.8, 4) is 39.9 Å². The fraction of sp³-hybridized carbons (Fsp3) is 0.443. The van der Waals surface area contributed by atoms with E-state index in [1.807, 2.05) is 38.4 Å². The third-order valence-corrected chi connectivity index (χ3v) is 15.7. The van der Waals surface area contributed by atoms with E-state index < -0.39 is 23.4 Å². The van der Waals surface area contributed by atoms with E-state index in [4.69, 9.17) is 18.9 Å². The van der Waals surface area contributed by atoms with Gasteiger partial charge in [-0.1, -0.05) is 62.4 Å². The van der Waals surface area contributed by atoms with Crippen LogP contribution in [0, 0.1) is 5.92 Å². The Morgan fingerprint density at radius 1 is 0.893 bits per heavy atom. The summed E-state index contributed by atoms with van der Waals surface area (Å²) >= 11 is 0. The molecule has 0 fully saturated rings. The molecule has 0 radical (unpaired) electrons. The van der Waals surface area contributed by atoms with Gasteiger partial charge in [-0.2, -0.15) is 0 Å². The molecule has 0 unspecified atom stereocenters. The molecule has 0 bridgehead atoms. The van der Waals surface area contributed by atoms with Crippen LogP contribution in [-0.4, -0.2) is 114 Å². The summed E-state index contributed by atoms with van der Waals surface area (Å²) < 4.78 is 27.5. The third-order valence-electron chi connectivity index (χ3n) is 15.7. The number of ether oxygens (including phenoxy) is 4. The fourth-order valence-corrected chi connectivity index (χ4v) is 12.6. The Hall–Kier alpha value is -5.94. The van der Waals surface area contributed by atoms with Crippen molar-refractivity contribution in [3.05, 3.63) is 141 Å². The monoisotopic (exact) mass is 1020 g/mol. The average Bonchev–Trinajstić information content (AvgIpc) is 3.91. The number of aliphatic hydroxyl groups is 3. The summed E-state index contributed by atoms with van der Waals surface area (Å²) in [5, 5.41) is 69.8. The van der Waals surface area contributed by atoms with Gasteiger partial charge in [0, 0.05) is 72.6 Å². The topological polar surface area (TPSA) is 202 Å². The van der Waals surface area contributed by atoms with Gasteiger partial charge in [-0.05, 0) is 158 Å². The summed E-state index contributed by atoms with van der Waals surface area (Å²) in [4.78, 5) is 3.39. The van der Waals surface area contributed by atoms with Crippen LogP contribution >= 0.6 is 0 Å². The number of phenolic OH excluding ortho intramolecular Hbond substituents is 2. The molecular weight excluding hydrogens is 947 g/mol. The molecule has 2 aliphatic carbocycles. The Labute approximate surface area is 440 Å². The first kappa shape index (κ1) is 52.5. The first-order valence-corrected chi connectivity index (χ1v) is 26.9. The van der Waals surface area contributed by atoms with Gasteiger partial charge >= 0.3 is 0 Å². The molecule has 14 nitrogen and oxygen atoms in total. The number of hydrogen-bond acceptors (Lipinski definition) is 13. The van der Waals surface area contributed by atoms with Crippen LogP contribution in [0.5, 0.6) is 28.7 Å². The number of hydrogen-bond donors (Lipinski definition) is 10. The van der Waals surface area contributed by atoms with Gasteiger partial charge in [-0.25, -0.2) is 0 Å². The third kappa shape index (κ3) is 10.9. The average molecular weight is 1020 g/mol. The number of rotatable bonds is 23. The highest BCUT2D eigenvalue weighted by molar-refractivity contribution is 5.90. The van der Waals surface area contributed by atoms with Crippen LogP contribution < -0.4 is 35.5 Å². The van der Waals surface area contributed by atoms with Gasteiger partial charge in [0.05, 0.1) is 25.5 Å². The van der Waals surface area contributed by atoms with E-state index in [-0.39, 0.29) is 55.6 Å². The highest BCUT2D eigenvalue weighted by Gasteiger charge is 2.51. The van der Waals surface area contributed by atoms with Crippen LogP contribution in [0.3, 0.4) is 0 Å². The minimum atomic E-state index is -1.07. The van der Waals surface area contributed by atoms with Crippen LogP contribution in [0.4, 0.5) is 0 Å². The summed E-state index contributed by atoms with van der Waals surface area (Å²) in [7, 11) is 1.85. The smallest absolute Gasteiger partial charge is 0.161 e. The normalized spacial score (nSPS) is 21.3. The van der Waals surface area contributed by atoms with Crippen molar-refractivity contribution >= 4 is 17.0 Å². The van der Waals surface area contributed by atoms with Gasteiger partial charge in [0.25, 0.3) is 0 Å². The number of fused-ring (bicyclic) bond motifs is 8. The summed E-state index contributed by atoms with van der Waals surface area (Å²) in [6.07, 6.45) is 7.82. The van der Waals surface area contributed by atoms with Gasteiger partial charge in [-0.15, -0.1) is 0 Å². The number of aromatic nitrogens is 1. The van der Waals surface area contributed by atoms with Crippen molar-refractivity contribution in [2.75, 3.05) is 66.4 Å². The van der Waals surface area contributed by atoms with Gasteiger partial charge in [0.15, 0.2) is 17.6 Å². The van der Waals surface area contributed by atoms with Crippen molar-refractivity contribution in [1.82, 2.24) is 26.3 Å². The lowest BCUT2D eigenvalue weighted by molar-refractivity contribution is -0.129. The first-order valence-electron chi connectivity index (χ1n) is 26.9. The molecule has 0 saturated carbocycles. The van der Waals surface area contributed by atoms with E-state index in [0.717, 1.165) is 75.0 Å². The molecule has 1 aromatic heterocycles. The molecule has 2 aliphatic heterocycles. The van der Waals surface area contributed by atoms with E-state index in [1.54, 1.807) is 12.1 Å². The lowest BCUT2D eigenvalue weighted by Crippen LogP contribution is -2.56. The van der Waals surface area contributed by atoms with Crippen molar-refractivity contribution in [2.45, 2.75) is 101 Å². The van der Waals surface area contributed by atoms with Gasteiger partial charge in [0.2, 0.25) is 0 Å². The molecule has 6 aromatic rings. The number of aromatic amines is 1. The predicted octanol–water partition coefficient (Wildman–Crippen LogP) is 7.89. The second-order valence-corrected chi connectivity index (χ2v) is 21.8. The summed E-state index contributed by atoms with van der Waals surface area (Å²) in [6.45, 7) is 8.43. The maximum atomic E-state index is 11.9. The Morgan fingerprint density at radius 2 is 1.72 bits per heavy atom. The number of benzene rings is 5. The molecule has 0 amide bonds. The standard InChI is InChI=1S/C61H75N5O9/c1-37(2)29-60(3,71)33-64-35-65-34-61(73-36-62-4)30-49-46-28-48-54(40-12-17-50-39(25-40)20-22-66-50)42(31-63-21-8-11-38-9-6-5-7-10-38)26-47-51(69)19-16-44(55(47)48)56(46)58-45(15-14-43(32-68)74-58)57(49)75-59(61)41-13-18-52(70)53(27-41)72-24-23-67/h5-7,9-10,12-13,16-20,22,25-27,37,43,48,54,59,62-71H,8,11,14-15,21,23-24,28-36H2,1-4H3/t43-,48-,54-,59-,60+,61+/m1/s1. The number of phenols is 2. The minimum absolute atomic E-state index is 0.00696. The van der Waals surface area contributed by atoms with Gasteiger partial charge in [-0.3, -0.25) is 5.32 Å². The van der Waals surface area contributed by atoms with E-state index in [0.29, 0.717) is 75.6 Å². The highest BCUT2D eigenvalue weighted by Crippen LogP contribution is 2.61. The molecule has 3 heterocycles. The summed E-state index contributed by atoms with van der Waals surface area (Å²) in [6, 6.07) is 28.5. The molecule has 398 valence electrons. The van der Waals surface area contributed by atoms with Gasteiger partial charge in [0.1, 0.15) is 35.6 Å². The Bertz CT molecular complexity index is 2990. The van der Waals surface area contributed by atoms with Crippen LogP contribution in [0.2, 0.25) is 0 Å². The molecule has 4 aliphatic rings. The predicted molar refractivity (Wildman–Crippen MR) is 293 cm³/mol. The number of H-pyrrole nitrogens is 1. The zero-order valence-electron chi connectivity index (χ0n) is 43.8.